The molecule has 1 atom stereocenters. The fraction of sp³-hybridized carbons (Fsp3) is 0.250. The summed E-state index contributed by atoms with van der Waals surface area (Å²) in [6.45, 7) is 1.64. The lowest BCUT2D eigenvalue weighted by molar-refractivity contribution is -0.122. The minimum atomic E-state index is -0.720. The summed E-state index contributed by atoms with van der Waals surface area (Å²) in [6, 6.07) is 8.44. The lowest BCUT2D eigenvalue weighted by atomic mass is 10.3. The van der Waals surface area contributed by atoms with Crippen molar-refractivity contribution in [1.29, 1.82) is 0 Å². The standard InChI is InChI=1S/C16H17Cl2N3O2/c1-10(23-14-6-4-11(17)8-13(14)18)16(22)20-12-5-7-15(19-9-12)21(2)3/h4-10H,1-3H3,(H,20,22). The Balaban J connectivity index is 1.99. The van der Waals surface area contributed by atoms with Crippen LogP contribution in [0.2, 0.25) is 10.0 Å². The van der Waals surface area contributed by atoms with E-state index < -0.39 is 6.10 Å². The molecule has 2 rings (SSSR count). The number of nitrogens with one attached hydrogen (secondary N) is 1. The van der Waals surface area contributed by atoms with Crippen molar-refractivity contribution in [2.45, 2.75) is 13.0 Å². The molecule has 0 radical (unpaired) electrons. The molecular formula is C16H17Cl2N3O2. The van der Waals surface area contributed by atoms with Gasteiger partial charge in [0.25, 0.3) is 5.91 Å². The molecule has 0 spiro atoms. The van der Waals surface area contributed by atoms with Gasteiger partial charge >= 0.3 is 0 Å². The van der Waals surface area contributed by atoms with Crippen molar-refractivity contribution in [1.82, 2.24) is 4.98 Å². The van der Waals surface area contributed by atoms with Crippen LogP contribution in [0.1, 0.15) is 6.92 Å². The van der Waals surface area contributed by atoms with Crippen LogP contribution in [0.15, 0.2) is 36.5 Å². The van der Waals surface area contributed by atoms with Crippen molar-refractivity contribution < 1.29 is 9.53 Å². The topological polar surface area (TPSA) is 54.5 Å². The highest BCUT2D eigenvalue weighted by molar-refractivity contribution is 6.35. The molecule has 1 aromatic carbocycles. The maximum atomic E-state index is 12.2. The SMILES string of the molecule is CC(Oc1ccc(Cl)cc1Cl)C(=O)Nc1ccc(N(C)C)nc1. The van der Waals surface area contributed by atoms with E-state index in [9.17, 15) is 4.79 Å². The summed E-state index contributed by atoms with van der Waals surface area (Å²) in [5.41, 5.74) is 0.596. The van der Waals surface area contributed by atoms with Gasteiger partial charge in [0.05, 0.1) is 16.9 Å². The van der Waals surface area contributed by atoms with Crippen LogP contribution in [0.5, 0.6) is 5.75 Å². The molecule has 1 heterocycles. The predicted octanol–water partition coefficient (Wildman–Crippen LogP) is 3.86. The molecule has 0 fully saturated rings. The number of rotatable bonds is 5. The number of pyridine rings is 1. The lowest BCUT2D eigenvalue weighted by Gasteiger charge is -2.16. The smallest absolute Gasteiger partial charge is 0.265 e. The summed E-state index contributed by atoms with van der Waals surface area (Å²) in [7, 11) is 3.79. The number of ether oxygens (including phenoxy) is 1. The van der Waals surface area contributed by atoms with Crippen molar-refractivity contribution in [3.05, 3.63) is 46.6 Å². The predicted molar refractivity (Wildman–Crippen MR) is 93.7 cm³/mol. The Morgan fingerprint density at radius 3 is 2.57 bits per heavy atom. The van der Waals surface area contributed by atoms with E-state index in [1.807, 2.05) is 25.1 Å². The maximum Gasteiger partial charge on any atom is 0.265 e. The Morgan fingerprint density at radius 2 is 2.00 bits per heavy atom. The van der Waals surface area contributed by atoms with E-state index in [2.05, 4.69) is 10.3 Å². The maximum absolute atomic E-state index is 12.2. The third kappa shape index (κ3) is 4.74. The molecule has 1 aromatic heterocycles. The van der Waals surface area contributed by atoms with Crippen LogP contribution in [0.25, 0.3) is 0 Å². The summed E-state index contributed by atoms with van der Waals surface area (Å²) in [5.74, 6) is 0.912. The van der Waals surface area contributed by atoms with Gasteiger partial charge in [-0.3, -0.25) is 4.79 Å². The Bertz CT molecular complexity index is 690. The van der Waals surface area contributed by atoms with E-state index in [0.29, 0.717) is 21.5 Å². The van der Waals surface area contributed by atoms with Crippen LogP contribution in [-0.2, 0) is 4.79 Å². The Labute approximate surface area is 145 Å². The van der Waals surface area contributed by atoms with E-state index in [-0.39, 0.29) is 5.91 Å². The van der Waals surface area contributed by atoms with Gasteiger partial charge in [-0.2, -0.15) is 0 Å². The van der Waals surface area contributed by atoms with Gasteiger partial charge in [0, 0.05) is 19.1 Å². The monoisotopic (exact) mass is 353 g/mol. The molecule has 0 aliphatic rings. The van der Waals surface area contributed by atoms with Gasteiger partial charge in [-0.25, -0.2) is 4.98 Å². The van der Waals surface area contributed by atoms with Crippen molar-refractivity contribution in [3.63, 3.8) is 0 Å². The van der Waals surface area contributed by atoms with Crippen LogP contribution >= 0.6 is 23.2 Å². The Kier molecular flexibility index (Phi) is 5.69. The first-order valence-electron chi connectivity index (χ1n) is 6.93. The van der Waals surface area contributed by atoms with E-state index >= 15 is 0 Å². The fourth-order valence-electron chi connectivity index (χ4n) is 1.78. The van der Waals surface area contributed by atoms with E-state index in [1.165, 1.54) is 0 Å². The molecule has 0 aliphatic heterocycles. The normalized spacial score (nSPS) is 11.7. The zero-order valence-corrected chi connectivity index (χ0v) is 14.5. The van der Waals surface area contributed by atoms with Gasteiger partial charge in [0.1, 0.15) is 11.6 Å². The number of carbonyl (C=O) groups excluding carboxylic acids is 1. The summed E-state index contributed by atoms with van der Waals surface area (Å²) in [6.07, 6.45) is 0.872. The zero-order valence-electron chi connectivity index (χ0n) is 13.0. The average Bonchev–Trinajstić information content (AvgIpc) is 2.50. The largest absolute Gasteiger partial charge is 0.479 e. The summed E-state index contributed by atoms with van der Waals surface area (Å²) < 4.78 is 5.56. The summed E-state index contributed by atoms with van der Waals surface area (Å²) in [5, 5.41) is 3.61. The van der Waals surface area contributed by atoms with Crippen LogP contribution < -0.4 is 15.0 Å². The fourth-order valence-corrected chi connectivity index (χ4v) is 2.24. The van der Waals surface area contributed by atoms with Gasteiger partial charge in [-0.05, 0) is 37.3 Å². The molecule has 122 valence electrons. The second-order valence-electron chi connectivity index (χ2n) is 5.12. The molecular weight excluding hydrogens is 337 g/mol. The van der Waals surface area contributed by atoms with Crippen molar-refractivity contribution in [2.75, 3.05) is 24.3 Å². The number of aromatic nitrogens is 1. The molecule has 23 heavy (non-hydrogen) atoms. The quantitative estimate of drug-likeness (QED) is 0.886. The molecule has 0 saturated carbocycles. The third-order valence-corrected chi connectivity index (χ3v) is 3.57. The van der Waals surface area contributed by atoms with Crippen molar-refractivity contribution in [3.8, 4) is 5.75 Å². The highest BCUT2D eigenvalue weighted by Crippen LogP contribution is 2.28. The third-order valence-electron chi connectivity index (χ3n) is 3.04. The van der Waals surface area contributed by atoms with Gasteiger partial charge in [-0.15, -0.1) is 0 Å². The molecule has 7 heteroatoms. The minimum Gasteiger partial charge on any atom is -0.479 e. The number of carbonyl (C=O) groups is 1. The van der Waals surface area contributed by atoms with Gasteiger partial charge < -0.3 is 15.0 Å². The first kappa shape index (κ1) is 17.4. The molecule has 1 N–H and O–H groups in total. The van der Waals surface area contributed by atoms with Crippen LogP contribution in [-0.4, -0.2) is 31.1 Å². The number of anilines is 2. The molecule has 0 saturated heterocycles. The Morgan fingerprint density at radius 1 is 1.26 bits per heavy atom. The molecule has 2 aromatic rings. The minimum absolute atomic E-state index is 0.296. The first-order chi connectivity index (χ1) is 10.9. The number of halogens is 2. The van der Waals surface area contributed by atoms with E-state index in [4.69, 9.17) is 27.9 Å². The lowest BCUT2D eigenvalue weighted by Crippen LogP contribution is -2.30. The summed E-state index contributed by atoms with van der Waals surface area (Å²) in [4.78, 5) is 18.3. The van der Waals surface area contributed by atoms with E-state index in [0.717, 1.165) is 5.82 Å². The Hall–Kier alpha value is -1.98. The number of hydrogen-bond donors (Lipinski definition) is 1. The highest BCUT2D eigenvalue weighted by atomic mass is 35.5. The number of benzene rings is 1. The number of nitrogens with zero attached hydrogens (tertiary/aromatic N) is 2. The van der Waals surface area contributed by atoms with Gasteiger partial charge in [-0.1, -0.05) is 23.2 Å². The number of amides is 1. The van der Waals surface area contributed by atoms with Gasteiger partial charge in [0.2, 0.25) is 0 Å². The molecule has 0 bridgehead atoms. The zero-order chi connectivity index (χ0) is 17.0. The molecule has 0 aliphatic carbocycles. The van der Waals surface area contributed by atoms with Gasteiger partial charge in [0.15, 0.2) is 6.10 Å². The molecule has 1 unspecified atom stereocenters. The second kappa shape index (κ2) is 7.53. The van der Waals surface area contributed by atoms with Crippen molar-refractivity contribution in [2.24, 2.45) is 0 Å². The van der Waals surface area contributed by atoms with Crippen LogP contribution in [0.4, 0.5) is 11.5 Å². The molecule has 1 amide bonds. The van der Waals surface area contributed by atoms with E-state index in [1.54, 1.807) is 37.4 Å². The highest BCUT2D eigenvalue weighted by Gasteiger charge is 2.16. The number of hydrogen-bond acceptors (Lipinski definition) is 4. The molecule has 5 nitrogen and oxygen atoms in total. The average molecular weight is 354 g/mol. The van der Waals surface area contributed by atoms with Crippen LogP contribution in [0, 0.1) is 0 Å². The second-order valence-corrected chi connectivity index (χ2v) is 5.97. The first-order valence-corrected chi connectivity index (χ1v) is 7.68. The summed E-state index contributed by atoms with van der Waals surface area (Å²) >= 11 is 11.9. The van der Waals surface area contributed by atoms with Crippen molar-refractivity contribution >= 4 is 40.6 Å². The van der Waals surface area contributed by atoms with Crippen LogP contribution in [0.3, 0.4) is 0 Å².